The minimum absolute atomic E-state index is 0.241. The van der Waals surface area contributed by atoms with E-state index in [1.807, 2.05) is 0 Å². The Bertz CT molecular complexity index is 281. The third-order valence-electron chi connectivity index (χ3n) is 5.40. The normalized spacial score (nSPS) is 46.6. The fourth-order valence-electron chi connectivity index (χ4n) is 4.44. The van der Waals surface area contributed by atoms with Gasteiger partial charge in [-0.1, -0.05) is 6.92 Å². The van der Waals surface area contributed by atoms with Gasteiger partial charge in [-0.3, -0.25) is 4.90 Å². The summed E-state index contributed by atoms with van der Waals surface area (Å²) in [6.45, 7) is 5.76. The number of nitrogens with one attached hydrogen (secondary N) is 1. The minimum atomic E-state index is 0.241. The molecule has 2 heterocycles. The van der Waals surface area contributed by atoms with E-state index in [-0.39, 0.29) is 5.54 Å². The van der Waals surface area contributed by atoms with Gasteiger partial charge in [0.1, 0.15) is 0 Å². The maximum atomic E-state index is 6.15. The fourth-order valence-corrected chi connectivity index (χ4v) is 4.44. The Morgan fingerprint density at radius 2 is 2.18 bits per heavy atom. The molecule has 3 heteroatoms. The highest BCUT2D eigenvalue weighted by Gasteiger charge is 2.49. The topological polar surface area (TPSA) is 41.3 Å². The monoisotopic (exact) mass is 237 g/mol. The SMILES string of the molecule is CC1CCC(NC2(CN)CCN3CCCC32)C1. The van der Waals surface area contributed by atoms with E-state index in [2.05, 4.69) is 17.1 Å². The summed E-state index contributed by atoms with van der Waals surface area (Å²) in [5.74, 6) is 0.906. The van der Waals surface area contributed by atoms with Crippen molar-refractivity contribution >= 4 is 0 Å². The number of hydrogen-bond acceptors (Lipinski definition) is 3. The van der Waals surface area contributed by atoms with E-state index < -0.39 is 0 Å². The lowest BCUT2D eigenvalue weighted by atomic mass is 9.87. The van der Waals surface area contributed by atoms with Crippen LogP contribution >= 0.6 is 0 Å². The first-order valence-electron chi connectivity index (χ1n) is 7.45. The van der Waals surface area contributed by atoms with Gasteiger partial charge >= 0.3 is 0 Å². The lowest BCUT2D eigenvalue weighted by molar-refractivity contribution is 0.209. The van der Waals surface area contributed by atoms with E-state index in [0.29, 0.717) is 0 Å². The van der Waals surface area contributed by atoms with Crippen LogP contribution in [0.1, 0.15) is 45.4 Å². The number of rotatable bonds is 3. The van der Waals surface area contributed by atoms with Crippen LogP contribution in [-0.4, -0.2) is 42.2 Å². The number of nitrogens with zero attached hydrogens (tertiary/aromatic N) is 1. The van der Waals surface area contributed by atoms with Crippen molar-refractivity contribution in [3.05, 3.63) is 0 Å². The van der Waals surface area contributed by atoms with Crippen LogP contribution in [0, 0.1) is 5.92 Å². The Kier molecular flexibility index (Phi) is 3.18. The molecule has 4 atom stereocenters. The van der Waals surface area contributed by atoms with E-state index in [4.69, 9.17) is 5.73 Å². The van der Waals surface area contributed by atoms with Crippen LogP contribution in [0.3, 0.4) is 0 Å². The summed E-state index contributed by atoms with van der Waals surface area (Å²) in [5, 5.41) is 3.98. The van der Waals surface area contributed by atoms with E-state index in [0.717, 1.165) is 24.5 Å². The molecule has 3 nitrogen and oxygen atoms in total. The van der Waals surface area contributed by atoms with Crippen LogP contribution in [0.5, 0.6) is 0 Å². The summed E-state index contributed by atoms with van der Waals surface area (Å²) < 4.78 is 0. The Morgan fingerprint density at radius 1 is 1.29 bits per heavy atom. The van der Waals surface area contributed by atoms with Crippen molar-refractivity contribution in [2.24, 2.45) is 11.7 Å². The lowest BCUT2D eigenvalue weighted by Crippen LogP contribution is -2.60. The number of nitrogens with two attached hydrogens (primary N) is 1. The number of fused-ring (bicyclic) bond motifs is 1. The third-order valence-corrected chi connectivity index (χ3v) is 5.40. The van der Waals surface area contributed by atoms with Crippen molar-refractivity contribution in [1.82, 2.24) is 10.2 Å². The average molecular weight is 237 g/mol. The van der Waals surface area contributed by atoms with Gasteiger partial charge in [-0.2, -0.15) is 0 Å². The maximum absolute atomic E-state index is 6.15. The molecule has 2 aliphatic heterocycles. The summed E-state index contributed by atoms with van der Waals surface area (Å²) in [4.78, 5) is 2.66. The Morgan fingerprint density at radius 3 is 2.88 bits per heavy atom. The molecular weight excluding hydrogens is 210 g/mol. The van der Waals surface area contributed by atoms with Crippen molar-refractivity contribution in [3.63, 3.8) is 0 Å². The van der Waals surface area contributed by atoms with Crippen LogP contribution < -0.4 is 11.1 Å². The van der Waals surface area contributed by atoms with E-state index in [9.17, 15) is 0 Å². The highest BCUT2D eigenvalue weighted by Crippen LogP contribution is 2.37. The molecule has 2 saturated heterocycles. The summed E-state index contributed by atoms with van der Waals surface area (Å²) in [6, 6.07) is 1.46. The molecule has 0 aromatic rings. The van der Waals surface area contributed by atoms with Gasteiger partial charge in [0.2, 0.25) is 0 Å². The molecule has 0 amide bonds. The average Bonchev–Trinajstić information content (AvgIpc) is 2.98. The molecule has 17 heavy (non-hydrogen) atoms. The van der Waals surface area contributed by atoms with Crippen LogP contribution in [0.4, 0.5) is 0 Å². The van der Waals surface area contributed by atoms with Crippen LogP contribution in [0.25, 0.3) is 0 Å². The molecule has 1 saturated carbocycles. The molecule has 0 aromatic carbocycles. The van der Waals surface area contributed by atoms with Gasteiger partial charge in [-0.05, 0) is 51.0 Å². The van der Waals surface area contributed by atoms with Crippen LogP contribution in [0.2, 0.25) is 0 Å². The first-order chi connectivity index (χ1) is 8.23. The van der Waals surface area contributed by atoms with Crippen molar-refractivity contribution in [3.8, 4) is 0 Å². The van der Waals surface area contributed by atoms with Gasteiger partial charge in [-0.15, -0.1) is 0 Å². The minimum Gasteiger partial charge on any atom is -0.329 e. The Hall–Kier alpha value is -0.120. The standard InChI is InChI=1S/C14H27N3/c1-11-4-5-12(9-11)16-14(10-15)6-8-17-7-2-3-13(14)17/h11-13,16H,2-10,15H2,1H3. The second kappa shape index (κ2) is 4.52. The third kappa shape index (κ3) is 2.02. The second-order valence-electron chi connectivity index (χ2n) is 6.56. The Labute approximate surface area is 105 Å². The lowest BCUT2D eigenvalue weighted by Gasteiger charge is -2.38. The van der Waals surface area contributed by atoms with Crippen LogP contribution in [-0.2, 0) is 0 Å². The van der Waals surface area contributed by atoms with Gasteiger partial charge in [0.05, 0.1) is 0 Å². The molecule has 3 aliphatic rings. The van der Waals surface area contributed by atoms with Gasteiger partial charge < -0.3 is 11.1 Å². The molecule has 3 N–H and O–H groups in total. The molecule has 3 rings (SSSR count). The van der Waals surface area contributed by atoms with Crippen LogP contribution in [0.15, 0.2) is 0 Å². The zero-order chi connectivity index (χ0) is 11.9. The Balaban J connectivity index is 1.69. The summed E-state index contributed by atoms with van der Waals surface area (Å²) in [5.41, 5.74) is 6.39. The molecule has 4 unspecified atom stereocenters. The predicted octanol–water partition coefficient (Wildman–Crippen LogP) is 1.33. The highest BCUT2D eigenvalue weighted by atomic mass is 15.3. The van der Waals surface area contributed by atoms with Gasteiger partial charge in [0, 0.05) is 30.7 Å². The molecule has 0 spiro atoms. The largest absolute Gasteiger partial charge is 0.329 e. The quantitative estimate of drug-likeness (QED) is 0.778. The van der Waals surface area contributed by atoms with Gasteiger partial charge in [0.25, 0.3) is 0 Å². The van der Waals surface area contributed by atoms with Gasteiger partial charge in [0.15, 0.2) is 0 Å². The zero-order valence-electron chi connectivity index (χ0n) is 11.1. The molecule has 3 fully saturated rings. The second-order valence-corrected chi connectivity index (χ2v) is 6.56. The summed E-state index contributed by atoms with van der Waals surface area (Å²) >= 11 is 0. The van der Waals surface area contributed by atoms with E-state index >= 15 is 0 Å². The molecule has 0 radical (unpaired) electrons. The van der Waals surface area contributed by atoms with E-state index in [1.165, 1.54) is 51.6 Å². The molecule has 98 valence electrons. The number of hydrogen-bond donors (Lipinski definition) is 2. The zero-order valence-corrected chi connectivity index (χ0v) is 11.1. The molecular formula is C14H27N3. The smallest absolute Gasteiger partial charge is 0.0475 e. The highest BCUT2D eigenvalue weighted by molar-refractivity contribution is 5.10. The molecule has 0 bridgehead atoms. The van der Waals surface area contributed by atoms with Crippen molar-refractivity contribution in [1.29, 1.82) is 0 Å². The van der Waals surface area contributed by atoms with Crippen molar-refractivity contribution < 1.29 is 0 Å². The summed E-state index contributed by atoms with van der Waals surface area (Å²) in [7, 11) is 0. The summed E-state index contributed by atoms with van der Waals surface area (Å²) in [6.07, 6.45) is 8.09. The first kappa shape index (κ1) is 11.9. The fraction of sp³-hybridized carbons (Fsp3) is 1.00. The molecule has 1 aliphatic carbocycles. The van der Waals surface area contributed by atoms with Crippen molar-refractivity contribution in [2.45, 2.75) is 63.1 Å². The first-order valence-corrected chi connectivity index (χ1v) is 7.45. The van der Waals surface area contributed by atoms with Crippen molar-refractivity contribution in [2.75, 3.05) is 19.6 Å². The van der Waals surface area contributed by atoms with Gasteiger partial charge in [-0.25, -0.2) is 0 Å². The maximum Gasteiger partial charge on any atom is 0.0475 e. The molecule has 0 aromatic heterocycles. The van der Waals surface area contributed by atoms with E-state index in [1.54, 1.807) is 0 Å². The predicted molar refractivity (Wildman–Crippen MR) is 70.9 cm³/mol.